The first-order valence-corrected chi connectivity index (χ1v) is 8.14. The van der Waals surface area contributed by atoms with Crippen LogP contribution in [0.2, 0.25) is 0 Å². The molecule has 21 heavy (non-hydrogen) atoms. The number of sulfonamides is 1. The van der Waals surface area contributed by atoms with Gasteiger partial charge in [-0.05, 0) is 47.9 Å². The summed E-state index contributed by atoms with van der Waals surface area (Å²) >= 11 is 0. The van der Waals surface area contributed by atoms with E-state index < -0.39 is 10.0 Å². The van der Waals surface area contributed by atoms with Crippen LogP contribution in [-0.4, -0.2) is 15.0 Å². The van der Waals surface area contributed by atoms with Gasteiger partial charge in [0, 0.05) is 18.8 Å². The third-order valence-corrected chi connectivity index (χ3v) is 4.85. The zero-order valence-corrected chi connectivity index (χ0v) is 12.1. The van der Waals surface area contributed by atoms with E-state index in [2.05, 4.69) is 10.0 Å². The SMILES string of the molecule is O=S(=O)(NCc1cccc(F)c1)c1ccc2c(c1)CCN2. The predicted molar refractivity (Wildman–Crippen MR) is 79.1 cm³/mol. The molecule has 0 amide bonds. The average molecular weight is 306 g/mol. The highest BCUT2D eigenvalue weighted by Gasteiger charge is 2.18. The van der Waals surface area contributed by atoms with Gasteiger partial charge in [0.15, 0.2) is 0 Å². The van der Waals surface area contributed by atoms with E-state index in [1.54, 1.807) is 30.3 Å². The first kappa shape index (κ1) is 14.0. The molecule has 2 aromatic carbocycles. The van der Waals surface area contributed by atoms with Crippen LogP contribution < -0.4 is 10.0 Å². The fraction of sp³-hybridized carbons (Fsp3) is 0.200. The lowest BCUT2D eigenvalue weighted by Crippen LogP contribution is -2.23. The first-order valence-electron chi connectivity index (χ1n) is 6.65. The Bertz CT molecular complexity index is 775. The summed E-state index contributed by atoms with van der Waals surface area (Å²) in [7, 11) is -3.59. The van der Waals surface area contributed by atoms with Crippen LogP contribution >= 0.6 is 0 Å². The average Bonchev–Trinajstić information content (AvgIpc) is 2.93. The third kappa shape index (κ3) is 3.06. The van der Waals surface area contributed by atoms with E-state index in [1.807, 2.05) is 0 Å². The standard InChI is InChI=1S/C15H15FN2O2S/c16-13-3-1-2-11(8-13)10-18-21(19,20)14-4-5-15-12(9-14)6-7-17-15/h1-5,8-9,17-18H,6-7,10H2. The molecule has 0 aromatic heterocycles. The summed E-state index contributed by atoms with van der Waals surface area (Å²) in [6.45, 7) is 0.894. The van der Waals surface area contributed by atoms with Gasteiger partial charge in [0.05, 0.1) is 4.90 Å². The zero-order valence-electron chi connectivity index (χ0n) is 11.3. The van der Waals surface area contributed by atoms with Gasteiger partial charge in [-0.2, -0.15) is 0 Å². The molecule has 0 unspecified atom stereocenters. The van der Waals surface area contributed by atoms with Crippen LogP contribution in [0.25, 0.3) is 0 Å². The number of rotatable bonds is 4. The molecule has 0 bridgehead atoms. The molecule has 0 spiro atoms. The van der Waals surface area contributed by atoms with E-state index in [0.29, 0.717) is 5.56 Å². The molecule has 1 aliphatic rings. The number of hydrogen-bond acceptors (Lipinski definition) is 3. The Hall–Kier alpha value is -1.92. The summed E-state index contributed by atoms with van der Waals surface area (Å²) in [5.41, 5.74) is 2.57. The van der Waals surface area contributed by atoms with E-state index in [4.69, 9.17) is 0 Å². The van der Waals surface area contributed by atoms with E-state index >= 15 is 0 Å². The Balaban J connectivity index is 1.78. The van der Waals surface area contributed by atoms with Crippen molar-refractivity contribution in [2.45, 2.75) is 17.9 Å². The van der Waals surface area contributed by atoms with Crippen molar-refractivity contribution in [3.63, 3.8) is 0 Å². The van der Waals surface area contributed by atoms with Crippen molar-refractivity contribution >= 4 is 15.7 Å². The Kier molecular flexibility index (Phi) is 3.65. The minimum absolute atomic E-state index is 0.0649. The van der Waals surface area contributed by atoms with Gasteiger partial charge in [-0.3, -0.25) is 0 Å². The molecule has 110 valence electrons. The van der Waals surface area contributed by atoms with E-state index in [9.17, 15) is 12.8 Å². The van der Waals surface area contributed by atoms with E-state index in [1.165, 1.54) is 12.1 Å². The number of hydrogen-bond donors (Lipinski definition) is 2. The summed E-state index contributed by atoms with van der Waals surface area (Å²) in [6, 6.07) is 10.9. The van der Waals surface area contributed by atoms with Crippen LogP contribution in [0.1, 0.15) is 11.1 Å². The van der Waals surface area contributed by atoms with Gasteiger partial charge >= 0.3 is 0 Å². The van der Waals surface area contributed by atoms with Crippen molar-refractivity contribution in [3.05, 3.63) is 59.4 Å². The van der Waals surface area contributed by atoms with E-state index in [0.717, 1.165) is 24.2 Å². The quantitative estimate of drug-likeness (QED) is 0.911. The number of halogens is 1. The number of benzene rings is 2. The number of anilines is 1. The number of nitrogens with one attached hydrogen (secondary N) is 2. The van der Waals surface area contributed by atoms with Crippen molar-refractivity contribution in [2.24, 2.45) is 0 Å². The maximum Gasteiger partial charge on any atom is 0.240 e. The Morgan fingerprint density at radius 1 is 1.19 bits per heavy atom. The highest BCUT2D eigenvalue weighted by molar-refractivity contribution is 7.89. The second kappa shape index (κ2) is 5.46. The Morgan fingerprint density at radius 2 is 2.05 bits per heavy atom. The fourth-order valence-electron chi connectivity index (χ4n) is 2.36. The summed E-state index contributed by atoms with van der Waals surface area (Å²) < 4.78 is 40.1. The predicted octanol–water partition coefficient (Wildman–Crippen LogP) is 2.27. The lowest BCUT2D eigenvalue weighted by atomic mass is 10.2. The van der Waals surface area contributed by atoms with Crippen molar-refractivity contribution in [1.82, 2.24) is 4.72 Å². The Labute approximate surface area is 123 Å². The normalized spacial score (nSPS) is 13.8. The molecule has 0 fully saturated rings. The molecule has 2 N–H and O–H groups in total. The lowest BCUT2D eigenvalue weighted by molar-refractivity contribution is 0.580. The molecular formula is C15H15FN2O2S. The monoisotopic (exact) mass is 306 g/mol. The topological polar surface area (TPSA) is 58.2 Å². The second-order valence-corrected chi connectivity index (χ2v) is 6.72. The smallest absolute Gasteiger partial charge is 0.240 e. The van der Waals surface area contributed by atoms with Gasteiger partial charge in [-0.15, -0.1) is 0 Å². The van der Waals surface area contributed by atoms with Gasteiger partial charge in [0.2, 0.25) is 10.0 Å². The minimum atomic E-state index is -3.59. The molecule has 1 heterocycles. The second-order valence-electron chi connectivity index (χ2n) is 4.95. The molecule has 0 radical (unpaired) electrons. The van der Waals surface area contributed by atoms with Gasteiger partial charge in [0.25, 0.3) is 0 Å². The molecule has 0 saturated heterocycles. The number of fused-ring (bicyclic) bond motifs is 1. The van der Waals surface area contributed by atoms with Crippen LogP contribution in [0.5, 0.6) is 0 Å². The maximum atomic E-state index is 13.1. The van der Waals surface area contributed by atoms with Crippen LogP contribution in [-0.2, 0) is 23.0 Å². The summed E-state index contributed by atoms with van der Waals surface area (Å²) in [4.78, 5) is 0.237. The first-order chi connectivity index (χ1) is 10.0. The van der Waals surface area contributed by atoms with Crippen molar-refractivity contribution < 1.29 is 12.8 Å². The van der Waals surface area contributed by atoms with Gasteiger partial charge in [-0.1, -0.05) is 12.1 Å². The summed E-state index contributed by atoms with van der Waals surface area (Å²) in [5, 5.41) is 3.19. The molecule has 0 atom stereocenters. The van der Waals surface area contributed by atoms with Gasteiger partial charge in [0.1, 0.15) is 5.82 Å². The third-order valence-electron chi connectivity index (χ3n) is 3.45. The van der Waals surface area contributed by atoms with Crippen molar-refractivity contribution in [1.29, 1.82) is 0 Å². The van der Waals surface area contributed by atoms with Crippen LogP contribution in [0.3, 0.4) is 0 Å². The van der Waals surface area contributed by atoms with Crippen LogP contribution in [0, 0.1) is 5.82 Å². The zero-order chi connectivity index (χ0) is 14.9. The highest BCUT2D eigenvalue weighted by Crippen LogP contribution is 2.25. The molecule has 3 rings (SSSR count). The summed E-state index contributed by atoms with van der Waals surface area (Å²) in [6.07, 6.45) is 0.822. The molecular weight excluding hydrogens is 291 g/mol. The Morgan fingerprint density at radius 3 is 2.86 bits per heavy atom. The molecule has 0 saturated carbocycles. The molecule has 1 aliphatic heterocycles. The molecule has 6 heteroatoms. The van der Waals surface area contributed by atoms with Crippen LogP contribution in [0.15, 0.2) is 47.4 Å². The molecule has 0 aliphatic carbocycles. The minimum Gasteiger partial charge on any atom is -0.384 e. The van der Waals surface area contributed by atoms with Gasteiger partial charge < -0.3 is 5.32 Å². The van der Waals surface area contributed by atoms with Crippen LogP contribution in [0.4, 0.5) is 10.1 Å². The molecule has 2 aromatic rings. The highest BCUT2D eigenvalue weighted by atomic mass is 32.2. The van der Waals surface area contributed by atoms with E-state index in [-0.39, 0.29) is 17.3 Å². The lowest BCUT2D eigenvalue weighted by Gasteiger charge is -2.08. The van der Waals surface area contributed by atoms with Crippen molar-refractivity contribution in [2.75, 3.05) is 11.9 Å². The van der Waals surface area contributed by atoms with Gasteiger partial charge in [-0.25, -0.2) is 17.5 Å². The van der Waals surface area contributed by atoms with Crippen molar-refractivity contribution in [3.8, 4) is 0 Å². The summed E-state index contributed by atoms with van der Waals surface area (Å²) in [5.74, 6) is -0.379. The largest absolute Gasteiger partial charge is 0.384 e. The molecule has 4 nitrogen and oxygen atoms in total. The fourth-order valence-corrected chi connectivity index (χ4v) is 3.42. The maximum absolute atomic E-state index is 13.1.